The normalized spacial score (nSPS) is 16.0. The van der Waals surface area contributed by atoms with Gasteiger partial charge in [-0.3, -0.25) is 0 Å². The molecule has 47 heavy (non-hydrogen) atoms. The monoisotopic (exact) mass is 720 g/mol. The number of hydrogen-bond acceptors (Lipinski definition) is 2. The molecule has 0 aliphatic heterocycles. The van der Waals surface area contributed by atoms with E-state index < -0.39 is 56.5 Å². The Bertz CT molecular complexity index is 1530. The molecule has 0 spiro atoms. The third-order valence-electron chi connectivity index (χ3n) is 12.1. The van der Waals surface area contributed by atoms with Crippen molar-refractivity contribution in [2.24, 2.45) is 11.8 Å². The second-order valence-electron chi connectivity index (χ2n) is 15.8. The molecule has 0 saturated carbocycles. The maximum atomic E-state index is 17.4. The zero-order valence-corrected chi connectivity index (χ0v) is 33.7. The predicted molar refractivity (Wildman–Crippen MR) is 190 cm³/mol. The molecule has 0 aromatic heterocycles. The average Bonchev–Trinajstić information content (AvgIpc) is 3.70. The third kappa shape index (κ3) is 6.37. The molecule has 2 aliphatic carbocycles. The Morgan fingerprint density at radius 3 is 1.23 bits per heavy atom. The molecular weight excluding hydrogens is 668 g/mol. The first-order valence-corrected chi connectivity index (χ1v) is 25.7. The summed E-state index contributed by atoms with van der Waals surface area (Å²) in [7, 11) is -5.30. The summed E-state index contributed by atoms with van der Waals surface area (Å²) in [4.78, 5) is 0. The zero-order chi connectivity index (χ0) is 35.3. The van der Waals surface area contributed by atoms with E-state index in [2.05, 4.69) is 55.4 Å². The van der Waals surface area contributed by atoms with Gasteiger partial charge >= 0.3 is 287 Å². The summed E-state index contributed by atoms with van der Waals surface area (Å²) < 4.78 is 81.8. The zero-order valence-electron chi connectivity index (χ0n) is 30.2. The fraction of sp³-hybridized carbons (Fsp3) is 0.474. The molecule has 0 N–H and O–H groups in total. The van der Waals surface area contributed by atoms with Crippen molar-refractivity contribution in [1.82, 2.24) is 0 Å². The van der Waals surface area contributed by atoms with E-state index in [4.69, 9.17) is 8.85 Å². The number of hydrogen-bond donors (Lipinski definition) is 0. The van der Waals surface area contributed by atoms with Crippen LogP contribution in [0.4, 0.5) is 17.6 Å². The average molecular weight is 721 g/mol. The molecule has 2 aliphatic rings. The van der Waals surface area contributed by atoms with Gasteiger partial charge in [0.25, 0.3) is 0 Å². The molecule has 0 bridgehead atoms. The van der Waals surface area contributed by atoms with E-state index in [1.807, 2.05) is 50.5 Å². The van der Waals surface area contributed by atoms with Crippen molar-refractivity contribution in [3.8, 4) is 11.5 Å². The van der Waals surface area contributed by atoms with E-state index >= 15 is 17.6 Å². The molecule has 0 heterocycles. The predicted octanol–water partition coefficient (Wildman–Crippen LogP) is 11.1. The molecule has 2 nitrogen and oxygen atoms in total. The van der Waals surface area contributed by atoms with E-state index in [9.17, 15) is 0 Å². The van der Waals surface area contributed by atoms with Gasteiger partial charge in [-0.15, -0.1) is 0 Å². The number of rotatable bonds is 12. The van der Waals surface area contributed by atoms with Gasteiger partial charge < -0.3 is 0 Å². The fourth-order valence-electron chi connectivity index (χ4n) is 6.54. The summed E-state index contributed by atoms with van der Waals surface area (Å²) in [5.41, 5.74) is 0. The Hall–Kier alpha value is -2.13. The van der Waals surface area contributed by atoms with Crippen LogP contribution >= 0.6 is 0 Å². The Kier molecular flexibility index (Phi) is 10.7. The summed E-state index contributed by atoms with van der Waals surface area (Å²) in [6.45, 7) is 25.0. The molecule has 0 unspecified atom stereocenters. The van der Waals surface area contributed by atoms with Gasteiger partial charge in [0.1, 0.15) is 0 Å². The first-order valence-electron chi connectivity index (χ1n) is 16.7. The van der Waals surface area contributed by atoms with Crippen LogP contribution in [0, 0.1) is 35.1 Å². The minimum atomic E-state index is -5.04. The molecule has 0 fully saturated rings. The molecule has 9 heteroatoms. The molecular formula is C38H52F4O2Si2Ti. The Labute approximate surface area is 285 Å². The van der Waals surface area contributed by atoms with E-state index in [0.29, 0.717) is 20.6 Å². The second-order valence-corrected chi connectivity index (χ2v) is 30.8. The fourth-order valence-corrected chi connectivity index (χ4v) is 19.5. The molecule has 2 aromatic rings. The second kappa shape index (κ2) is 13.3. The molecule has 4 rings (SSSR count). The van der Waals surface area contributed by atoms with Gasteiger partial charge in [-0.05, 0) is 0 Å². The van der Waals surface area contributed by atoms with Gasteiger partial charge in [-0.25, -0.2) is 0 Å². The van der Waals surface area contributed by atoms with Crippen LogP contribution in [0.2, 0.25) is 36.3 Å². The molecule has 0 atom stereocenters. The molecule has 0 amide bonds. The van der Waals surface area contributed by atoms with E-state index in [0.717, 1.165) is 0 Å². The van der Waals surface area contributed by atoms with Gasteiger partial charge in [0, 0.05) is 0 Å². The summed E-state index contributed by atoms with van der Waals surface area (Å²) in [5.74, 6) is -3.03. The maximum absolute atomic E-state index is 17.4. The summed E-state index contributed by atoms with van der Waals surface area (Å²) >= 11 is -5.04. The van der Waals surface area contributed by atoms with Crippen molar-refractivity contribution in [2.75, 3.05) is 0 Å². The molecule has 2 aromatic carbocycles. The van der Waals surface area contributed by atoms with Crippen LogP contribution in [-0.2, 0) is 16.6 Å². The van der Waals surface area contributed by atoms with Crippen LogP contribution < -0.4 is 16.6 Å². The van der Waals surface area contributed by atoms with Crippen LogP contribution in [0.5, 0.6) is 11.5 Å². The number of benzene rings is 2. The van der Waals surface area contributed by atoms with Gasteiger partial charge in [0.2, 0.25) is 0 Å². The molecule has 0 saturated heterocycles. The van der Waals surface area contributed by atoms with Crippen molar-refractivity contribution < 1.29 is 43.0 Å². The van der Waals surface area contributed by atoms with Crippen LogP contribution in [0.15, 0.2) is 68.5 Å². The van der Waals surface area contributed by atoms with Gasteiger partial charge in [0.05, 0.1) is 0 Å². The van der Waals surface area contributed by atoms with E-state index in [1.54, 1.807) is 12.2 Å². The number of allylic oxidation sites excluding steroid dienone is 8. The Balaban J connectivity index is 2.08. The van der Waals surface area contributed by atoms with E-state index in [-0.39, 0.29) is 41.1 Å². The molecule has 256 valence electrons. The summed E-state index contributed by atoms with van der Waals surface area (Å²) in [6.07, 6.45) is 11.7. The van der Waals surface area contributed by atoms with E-state index in [1.165, 1.54) is 24.3 Å². The van der Waals surface area contributed by atoms with Crippen LogP contribution in [-0.4, -0.2) is 16.6 Å². The van der Waals surface area contributed by atoms with Crippen molar-refractivity contribution >= 4 is 24.4 Å². The topological polar surface area (TPSA) is 18.5 Å². The van der Waals surface area contributed by atoms with Gasteiger partial charge in [0.15, 0.2) is 0 Å². The number of halogens is 4. The third-order valence-corrected chi connectivity index (χ3v) is 28.9. The van der Waals surface area contributed by atoms with Crippen LogP contribution in [0.3, 0.4) is 0 Å². The van der Waals surface area contributed by atoms with Crippen LogP contribution in [0.25, 0.3) is 0 Å². The minimum absolute atomic E-state index is 0.0691. The first kappa shape index (κ1) is 37.7. The van der Waals surface area contributed by atoms with Gasteiger partial charge in [-0.2, -0.15) is 0 Å². The van der Waals surface area contributed by atoms with Crippen molar-refractivity contribution in [1.29, 1.82) is 0 Å². The summed E-state index contributed by atoms with van der Waals surface area (Å²) in [6, 6.07) is 5.10. The summed E-state index contributed by atoms with van der Waals surface area (Å²) in [5, 5.41) is -0.515. The van der Waals surface area contributed by atoms with Crippen molar-refractivity contribution in [2.45, 2.75) is 104 Å². The Morgan fingerprint density at radius 1 is 0.617 bits per heavy atom. The SMILES string of the molecule is CC(C)C(C)(C)[Si](C)(C)Oc1ccc(F)[c]([Ti]([C]2=CC=CC2)([C]2=CC=CC2)[c]2c(F)ccc(O[Si](C)(C)C(C)(C)C(C)C)c2F)c1F. The van der Waals surface area contributed by atoms with Crippen LogP contribution in [0.1, 0.15) is 68.2 Å². The van der Waals surface area contributed by atoms with Crippen molar-refractivity contribution in [3.63, 3.8) is 0 Å². The van der Waals surface area contributed by atoms with Crippen molar-refractivity contribution in [3.05, 3.63) is 91.7 Å². The standard InChI is InChI=1S/2C14H21F2OSi.2C5H5.Ti/c2*1-10(2)14(3,4)18(5,6)17-13-8-7-11(15)9-12(13)16;2*1-2-4-5-3-1;/h2*7-8,10H,1-6H3;2*1-3H,4H2;. The quantitative estimate of drug-likeness (QED) is 0.161. The molecule has 0 radical (unpaired) electrons. The van der Waals surface area contributed by atoms with Gasteiger partial charge in [-0.1, -0.05) is 0 Å². The Morgan fingerprint density at radius 2 is 0.957 bits per heavy atom. The first-order chi connectivity index (χ1) is 21.6.